The summed E-state index contributed by atoms with van der Waals surface area (Å²) < 4.78 is 27.0. The molecule has 2 aromatic heterocycles. The topological polar surface area (TPSA) is 25.8 Å². The van der Waals surface area contributed by atoms with Crippen LogP contribution in [0.4, 0.5) is 8.78 Å². The molecule has 0 fully saturated rings. The second-order valence-corrected chi connectivity index (χ2v) is 5.34. The van der Waals surface area contributed by atoms with E-state index in [0.29, 0.717) is 17.1 Å². The molecule has 2 nitrogen and oxygen atoms in total. The third-order valence-corrected chi connectivity index (χ3v) is 3.72. The molecule has 2 heterocycles. The number of hydrogen-bond acceptors (Lipinski definition) is 2. The summed E-state index contributed by atoms with van der Waals surface area (Å²) in [5, 5.41) is 1.04. The van der Waals surface area contributed by atoms with Gasteiger partial charge in [0.05, 0.1) is 16.9 Å². The molecule has 4 aromatic rings. The minimum absolute atomic E-state index is 0.138. The molecule has 4 rings (SSSR count). The van der Waals surface area contributed by atoms with E-state index < -0.39 is 11.6 Å². The summed E-state index contributed by atoms with van der Waals surface area (Å²) in [6.07, 6.45) is 0. The molecule has 0 aliphatic heterocycles. The summed E-state index contributed by atoms with van der Waals surface area (Å²) >= 11 is 4.23. The van der Waals surface area contributed by atoms with E-state index in [-0.39, 0.29) is 5.56 Å². The van der Waals surface area contributed by atoms with Gasteiger partial charge < -0.3 is 0 Å². The molecule has 0 saturated heterocycles. The fourth-order valence-corrected chi connectivity index (χ4v) is 2.57. The zero-order valence-corrected chi connectivity index (χ0v) is 17.6. The Morgan fingerprint density at radius 2 is 1.54 bits per heavy atom. The van der Waals surface area contributed by atoms with E-state index in [4.69, 9.17) is 0 Å². The van der Waals surface area contributed by atoms with Gasteiger partial charge in [-0.05, 0) is 23.9 Å². The van der Waals surface area contributed by atoms with Crippen molar-refractivity contribution in [1.82, 2.24) is 9.97 Å². The third-order valence-electron chi connectivity index (χ3n) is 3.72. The van der Waals surface area contributed by atoms with Gasteiger partial charge in [0.15, 0.2) is 0 Å². The van der Waals surface area contributed by atoms with Gasteiger partial charge in [-0.1, -0.05) is 48.0 Å². The second kappa shape index (κ2) is 8.78. The monoisotopic (exact) mass is 639 g/mol. The van der Waals surface area contributed by atoms with Crippen LogP contribution in [0, 0.1) is 17.7 Å². The van der Waals surface area contributed by atoms with E-state index in [1.54, 1.807) is 12.1 Å². The molecular weight excluding hydrogens is 628 g/mol. The van der Waals surface area contributed by atoms with E-state index in [2.05, 4.69) is 51.5 Å². The van der Waals surface area contributed by atoms with E-state index in [0.717, 1.165) is 23.0 Å². The molecule has 0 N–H and O–H groups in total. The van der Waals surface area contributed by atoms with E-state index in [1.165, 1.54) is 0 Å². The molecule has 0 aliphatic rings. The van der Waals surface area contributed by atoms with Crippen molar-refractivity contribution >= 4 is 30.3 Å². The molecule has 0 atom stereocenters. The molecule has 0 spiro atoms. The van der Waals surface area contributed by atoms with Crippen molar-refractivity contribution in [3.05, 3.63) is 84.4 Å². The standard InChI is InChI=1S/C20H11F2N2.HI.Pt/c21-14-9-10-15(16(22)12-14)18-6-3-7-19(24-18)20-11-8-13-4-1-2-5-17(13)23-20;;/h1-9,11-12H;1H;/q-1;;+2/p-1. The van der Waals surface area contributed by atoms with Crippen LogP contribution in [0.2, 0.25) is 0 Å². The summed E-state index contributed by atoms with van der Waals surface area (Å²) in [5.41, 5.74) is 2.70. The number of rotatable bonds is 2. The average molecular weight is 639 g/mol. The van der Waals surface area contributed by atoms with Gasteiger partial charge in [0.1, 0.15) is 0 Å². The zero-order valence-electron chi connectivity index (χ0n) is 13.2. The minimum atomic E-state index is -0.689. The Labute approximate surface area is 171 Å². The fourth-order valence-electron chi connectivity index (χ4n) is 2.57. The van der Waals surface area contributed by atoms with Gasteiger partial charge in [-0.25, -0.2) is 4.98 Å². The first kappa shape index (κ1) is 19.1. The van der Waals surface area contributed by atoms with Gasteiger partial charge in [0.25, 0.3) is 0 Å². The van der Waals surface area contributed by atoms with Crippen LogP contribution in [0.15, 0.2) is 66.7 Å². The molecule has 0 saturated carbocycles. The van der Waals surface area contributed by atoms with Gasteiger partial charge in [0, 0.05) is 17.0 Å². The summed E-state index contributed by atoms with van der Waals surface area (Å²) in [4.78, 5) is 9.04. The Balaban J connectivity index is 0.000000948. The van der Waals surface area contributed by atoms with Crippen LogP contribution in [0.5, 0.6) is 0 Å². The summed E-state index contributed by atoms with van der Waals surface area (Å²) in [6.45, 7) is 0. The normalized spacial score (nSPS) is 10.3. The summed E-state index contributed by atoms with van der Waals surface area (Å²) in [6, 6.07) is 21.4. The Bertz CT molecular complexity index is 1060. The molecule has 0 aliphatic carbocycles. The van der Waals surface area contributed by atoms with Crippen LogP contribution in [0.25, 0.3) is 33.5 Å². The molecule has 0 amide bonds. The van der Waals surface area contributed by atoms with Gasteiger partial charge in [0.2, 0.25) is 0 Å². The van der Waals surface area contributed by atoms with Crippen LogP contribution in [-0.2, 0) is 16.1 Å². The molecule has 26 heavy (non-hydrogen) atoms. The van der Waals surface area contributed by atoms with Crippen LogP contribution in [0.3, 0.4) is 0 Å². The van der Waals surface area contributed by atoms with Gasteiger partial charge in [-0.2, -0.15) is 0 Å². The number of fused-ring (bicyclic) bond motifs is 1. The number of aromatic nitrogens is 2. The van der Waals surface area contributed by atoms with Crippen molar-refractivity contribution in [3.8, 4) is 22.6 Å². The van der Waals surface area contributed by atoms with Crippen molar-refractivity contribution in [2.24, 2.45) is 0 Å². The zero-order chi connectivity index (χ0) is 18.5. The van der Waals surface area contributed by atoms with Crippen molar-refractivity contribution < 1.29 is 24.9 Å². The van der Waals surface area contributed by atoms with Crippen molar-refractivity contribution in [3.63, 3.8) is 0 Å². The Morgan fingerprint density at radius 1 is 0.808 bits per heavy atom. The number of benzene rings is 2. The average Bonchev–Trinajstić information content (AvgIpc) is 2.69. The number of hydrogen-bond donors (Lipinski definition) is 0. The van der Waals surface area contributed by atoms with Crippen LogP contribution in [-0.4, -0.2) is 9.97 Å². The maximum absolute atomic E-state index is 14.0. The van der Waals surface area contributed by atoms with Crippen molar-refractivity contribution in [1.29, 1.82) is 0 Å². The van der Waals surface area contributed by atoms with E-state index in [1.807, 2.05) is 42.5 Å². The van der Waals surface area contributed by atoms with Gasteiger partial charge in [-0.15, -0.1) is 12.1 Å². The van der Waals surface area contributed by atoms with Gasteiger partial charge in [-0.3, -0.25) is 13.8 Å². The van der Waals surface area contributed by atoms with Crippen LogP contribution in [0.1, 0.15) is 0 Å². The Hall–Kier alpha value is -1.72. The summed E-state index contributed by atoms with van der Waals surface area (Å²) in [5.74, 6) is -1.35. The molecule has 2 aromatic carbocycles. The van der Waals surface area contributed by atoms with Crippen molar-refractivity contribution in [2.75, 3.05) is 0 Å². The first-order valence-electron chi connectivity index (χ1n) is 7.53. The first-order valence-corrected chi connectivity index (χ1v) is 14.0. The SMILES string of the molecule is Fc1c[c-]c(-c2cccc(-c3ccc4ccccc4n3)n2)c(F)c1.[I][Pt+]. The molecule has 0 bridgehead atoms. The predicted octanol–water partition coefficient (Wildman–Crippen LogP) is 5.93. The third kappa shape index (κ3) is 4.15. The summed E-state index contributed by atoms with van der Waals surface area (Å²) in [7, 11) is 0. The molecule has 132 valence electrons. The van der Waals surface area contributed by atoms with Crippen LogP contribution >= 0.6 is 19.4 Å². The van der Waals surface area contributed by atoms with Crippen molar-refractivity contribution in [2.45, 2.75) is 0 Å². The number of pyridine rings is 2. The number of halogens is 3. The first-order chi connectivity index (χ1) is 12.7. The van der Waals surface area contributed by atoms with Gasteiger partial charge >= 0.3 is 35.5 Å². The quantitative estimate of drug-likeness (QED) is 0.201. The predicted molar refractivity (Wildman–Crippen MR) is 103 cm³/mol. The molecule has 6 heteroatoms. The van der Waals surface area contributed by atoms with E-state index >= 15 is 0 Å². The Kier molecular flexibility index (Phi) is 6.43. The molecular formula is C20H11F2IN2Pt. The number of para-hydroxylation sites is 1. The Morgan fingerprint density at radius 3 is 2.35 bits per heavy atom. The number of nitrogens with zero attached hydrogens (tertiary/aromatic N) is 2. The fraction of sp³-hybridized carbons (Fsp3) is 0. The molecule has 0 radical (unpaired) electrons. The maximum atomic E-state index is 14.0. The second-order valence-electron chi connectivity index (χ2n) is 5.34. The molecule has 0 unspecified atom stereocenters. The van der Waals surface area contributed by atoms with E-state index in [9.17, 15) is 8.78 Å². The van der Waals surface area contributed by atoms with Crippen LogP contribution < -0.4 is 0 Å².